The van der Waals surface area contributed by atoms with Crippen molar-refractivity contribution in [3.05, 3.63) is 72.1 Å². The van der Waals surface area contributed by atoms with E-state index in [9.17, 15) is 14.9 Å². The molecule has 32 heavy (non-hydrogen) atoms. The maximum Gasteiger partial charge on any atom is 0.310 e. The monoisotopic (exact) mass is 430 g/mol. The van der Waals surface area contributed by atoms with Crippen molar-refractivity contribution in [2.24, 2.45) is 0 Å². The zero-order valence-corrected chi connectivity index (χ0v) is 17.1. The Morgan fingerprint density at radius 3 is 2.78 bits per heavy atom. The molecule has 1 N–H and O–H groups in total. The summed E-state index contributed by atoms with van der Waals surface area (Å²) in [6.07, 6.45) is 2.77. The van der Waals surface area contributed by atoms with Gasteiger partial charge in [-0.05, 0) is 24.3 Å². The van der Waals surface area contributed by atoms with Gasteiger partial charge in [-0.2, -0.15) is 10.4 Å². The summed E-state index contributed by atoms with van der Waals surface area (Å²) in [7, 11) is 1.56. The van der Waals surface area contributed by atoms with Crippen molar-refractivity contribution in [2.45, 2.75) is 6.42 Å². The van der Waals surface area contributed by atoms with Crippen molar-refractivity contribution < 1.29 is 23.5 Å². The molecule has 9 heteroatoms. The van der Waals surface area contributed by atoms with Crippen LogP contribution in [0.2, 0.25) is 0 Å². The molecule has 0 fully saturated rings. The Morgan fingerprint density at radius 2 is 2.03 bits per heavy atom. The smallest absolute Gasteiger partial charge is 0.310 e. The molecule has 2 aromatic heterocycles. The van der Waals surface area contributed by atoms with Gasteiger partial charge in [-0.1, -0.05) is 18.2 Å². The van der Waals surface area contributed by atoms with Gasteiger partial charge in [0.2, 0.25) is 0 Å². The Kier molecular flexibility index (Phi) is 5.85. The molecular weight excluding hydrogens is 412 g/mol. The number of nitrogens with one attached hydrogen (secondary N) is 1. The van der Waals surface area contributed by atoms with Gasteiger partial charge in [0.1, 0.15) is 23.0 Å². The molecule has 0 atom stereocenters. The van der Waals surface area contributed by atoms with E-state index in [4.69, 9.17) is 13.9 Å². The average molecular weight is 430 g/mol. The molecule has 0 aliphatic carbocycles. The molecule has 1 amide bonds. The van der Waals surface area contributed by atoms with E-state index in [1.165, 1.54) is 17.1 Å². The molecule has 4 rings (SSSR count). The van der Waals surface area contributed by atoms with Crippen molar-refractivity contribution in [3.63, 3.8) is 0 Å². The van der Waals surface area contributed by atoms with E-state index in [0.29, 0.717) is 22.6 Å². The molecule has 0 radical (unpaired) electrons. The summed E-state index contributed by atoms with van der Waals surface area (Å²) in [4.78, 5) is 24.6. The first-order valence-corrected chi connectivity index (χ1v) is 9.62. The number of para-hydroxylation sites is 1. The zero-order valence-electron chi connectivity index (χ0n) is 17.1. The van der Waals surface area contributed by atoms with Gasteiger partial charge >= 0.3 is 5.97 Å². The Hall–Kier alpha value is -4.58. The number of methoxy groups -OCH3 is 1. The van der Waals surface area contributed by atoms with E-state index in [-0.39, 0.29) is 17.8 Å². The lowest BCUT2D eigenvalue weighted by Gasteiger charge is -2.10. The van der Waals surface area contributed by atoms with Gasteiger partial charge in [0.05, 0.1) is 31.7 Å². The number of furan rings is 1. The number of carbonyl (C=O) groups is 2. The van der Waals surface area contributed by atoms with E-state index in [1.807, 2.05) is 24.3 Å². The number of aromatic nitrogens is 2. The molecule has 0 aliphatic rings. The largest absolute Gasteiger partial charge is 0.497 e. The topological polar surface area (TPSA) is 119 Å². The average Bonchev–Trinajstić information content (AvgIpc) is 3.41. The second-order valence-electron chi connectivity index (χ2n) is 6.77. The van der Waals surface area contributed by atoms with Gasteiger partial charge in [0, 0.05) is 17.0 Å². The van der Waals surface area contributed by atoms with Crippen molar-refractivity contribution in [1.82, 2.24) is 9.78 Å². The number of rotatable bonds is 7. The van der Waals surface area contributed by atoms with Crippen LogP contribution in [0.25, 0.3) is 16.7 Å². The van der Waals surface area contributed by atoms with Gasteiger partial charge in [-0.3, -0.25) is 9.59 Å². The quantitative estimate of drug-likeness (QED) is 0.447. The SMILES string of the molecule is COc1ccc2c(CC(=O)OCC(=O)Nc3c(C#N)cnn3-c3ccccc3)coc2c1. The third kappa shape index (κ3) is 4.29. The van der Waals surface area contributed by atoms with Crippen LogP contribution in [0.5, 0.6) is 5.75 Å². The Balaban J connectivity index is 1.39. The summed E-state index contributed by atoms with van der Waals surface area (Å²) in [6, 6.07) is 16.3. The number of carbonyl (C=O) groups excluding carboxylic acids is 2. The number of benzene rings is 2. The molecule has 160 valence electrons. The van der Waals surface area contributed by atoms with Crippen LogP contribution in [0, 0.1) is 11.3 Å². The summed E-state index contributed by atoms with van der Waals surface area (Å²) in [5, 5.41) is 16.8. The third-order valence-electron chi connectivity index (χ3n) is 4.71. The Bertz CT molecular complexity index is 1320. The van der Waals surface area contributed by atoms with Gasteiger partial charge in [0.25, 0.3) is 5.91 Å². The number of hydrogen-bond donors (Lipinski definition) is 1. The van der Waals surface area contributed by atoms with Gasteiger partial charge in [-0.15, -0.1) is 0 Å². The molecule has 0 saturated heterocycles. The molecule has 0 bridgehead atoms. The van der Waals surface area contributed by atoms with Crippen LogP contribution in [-0.4, -0.2) is 35.4 Å². The zero-order chi connectivity index (χ0) is 22.5. The molecule has 2 heterocycles. The van der Waals surface area contributed by atoms with Crippen LogP contribution in [0.1, 0.15) is 11.1 Å². The molecule has 0 saturated carbocycles. The normalized spacial score (nSPS) is 10.5. The van der Waals surface area contributed by atoms with Gasteiger partial charge in [0.15, 0.2) is 12.4 Å². The first kappa shape index (κ1) is 20.7. The molecule has 0 spiro atoms. The highest BCUT2D eigenvalue weighted by atomic mass is 16.5. The maximum absolute atomic E-state index is 12.4. The Morgan fingerprint density at radius 1 is 1.22 bits per heavy atom. The minimum Gasteiger partial charge on any atom is -0.497 e. The minimum atomic E-state index is -0.589. The van der Waals surface area contributed by atoms with Gasteiger partial charge in [-0.25, -0.2) is 4.68 Å². The number of nitriles is 1. The summed E-state index contributed by atoms with van der Waals surface area (Å²) >= 11 is 0. The van der Waals surface area contributed by atoms with Crippen LogP contribution < -0.4 is 10.1 Å². The summed E-state index contributed by atoms with van der Waals surface area (Å²) in [5.74, 6) is -0.330. The molecule has 4 aromatic rings. The first-order valence-electron chi connectivity index (χ1n) is 9.62. The number of nitrogens with zero attached hydrogens (tertiary/aromatic N) is 3. The van der Waals surface area contributed by atoms with Crippen LogP contribution >= 0.6 is 0 Å². The second kappa shape index (κ2) is 9.06. The van der Waals surface area contributed by atoms with E-state index in [0.717, 1.165) is 5.39 Å². The van der Waals surface area contributed by atoms with Crippen molar-refractivity contribution in [2.75, 3.05) is 19.0 Å². The van der Waals surface area contributed by atoms with Crippen LogP contribution in [0.15, 0.2) is 65.4 Å². The fourth-order valence-corrected chi connectivity index (χ4v) is 3.16. The lowest BCUT2D eigenvalue weighted by Crippen LogP contribution is -2.23. The van der Waals surface area contributed by atoms with E-state index < -0.39 is 18.5 Å². The molecule has 9 nitrogen and oxygen atoms in total. The fourth-order valence-electron chi connectivity index (χ4n) is 3.16. The molecule has 2 aromatic carbocycles. The fraction of sp³-hybridized carbons (Fsp3) is 0.130. The van der Waals surface area contributed by atoms with Crippen molar-refractivity contribution in [1.29, 1.82) is 5.26 Å². The maximum atomic E-state index is 12.4. The predicted molar refractivity (Wildman–Crippen MR) is 114 cm³/mol. The summed E-state index contributed by atoms with van der Waals surface area (Å²) in [5.41, 5.74) is 2.09. The highest BCUT2D eigenvalue weighted by Crippen LogP contribution is 2.26. The molecule has 0 aliphatic heterocycles. The lowest BCUT2D eigenvalue weighted by molar-refractivity contribution is -0.146. The molecule has 0 unspecified atom stereocenters. The summed E-state index contributed by atoms with van der Waals surface area (Å²) in [6.45, 7) is -0.507. The number of hydrogen-bond acceptors (Lipinski definition) is 7. The van der Waals surface area contributed by atoms with E-state index >= 15 is 0 Å². The minimum absolute atomic E-state index is 0.0575. The van der Waals surface area contributed by atoms with Crippen LogP contribution in [0.4, 0.5) is 5.82 Å². The van der Waals surface area contributed by atoms with Crippen LogP contribution in [-0.2, 0) is 20.7 Å². The van der Waals surface area contributed by atoms with E-state index in [1.54, 1.807) is 37.4 Å². The van der Waals surface area contributed by atoms with Crippen molar-refractivity contribution >= 4 is 28.7 Å². The Labute approximate surface area is 182 Å². The number of amides is 1. The lowest BCUT2D eigenvalue weighted by atomic mass is 10.1. The highest BCUT2D eigenvalue weighted by Gasteiger charge is 2.17. The number of esters is 1. The van der Waals surface area contributed by atoms with E-state index in [2.05, 4.69) is 10.4 Å². The number of ether oxygens (including phenoxy) is 2. The predicted octanol–water partition coefficient (Wildman–Crippen LogP) is 3.22. The first-order chi connectivity index (χ1) is 15.6. The second-order valence-corrected chi connectivity index (χ2v) is 6.77. The van der Waals surface area contributed by atoms with Gasteiger partial charge < -0.3 is 19.2 Å². The van der Waals surface area contributed by atoms with Crippen molar-refractivity contribution in [3.8, 4) is 17.5 Å². The highest BCUT2D eigenvalue weighted by molar-refractivity contribution is 5.94. The number of anilines is 1. The van der Waals surface area contributed by atoms with Crippen LogP contribution in [0.3, 0.4) is 0 Å². The number of fused-ring (bicyclic) bond motifs is 1. The third-order valence-corrected chi connectivity index (χ3v) is 4.71. The molecular formula is C23H18N4O5. The standard InChI is InChI=1S/C23H18N4O5/c1-30-18-7-8-19-15(13-31-20(19)10-18)9-22(29)32-14-21(28)26-23-16(11-24)12-25-27(23)17-5-3-2-4-6-17/h2-8,10,12-13H,9,14H2,1H3,(H,26,28). The summed E-state index contributed by atoms with van der Waals surface area (Å²) < 4.78 is 17.2.